The number of hydrazine groups is 1. The molecule has 0 aromatic carbocycles. The molecule has 2 heterocycles. The lowest BCUT2D eigenvalue weighted by atomic mass is 9.73. The molecule has 0 bridgehead atoms. The first-order chi connectivity index (χ1) is 9.83. The van der Waals surface area contributed by atoms with Crippen LogP contribution in [-0.4, -0.2) is 42.5 Å². The van der Waals surface area contributed by atoms with Gasteiger partial charge in [-0.05, 0) is 31.6 Å². The molecule has 3 unspecified atom stereocenters. The summed E-state index contributed by atoms with van der Waals surface area (Å²) in [5, 5.41) is 0. The SMILES string of the molecule is NNC(C1CCOC2(CCCCC2)C1)C1CSCCO1. The van der Waals surface area contributed by atoms with Crippen LogP contribution >= 0.6 is 11.8 Å². The fraction of sp³-hybridized carbons (Fsp3) is 1.00. The predicted molar refractivity (Wildman–Crippen MR) is 82.7 cm³/mol. The molecule has 116 valence electrons. The summed E-state index contributed by atoms with van der Waals surface area (Å²) in [6, 6.07) is 0.283. The number of hydrogen-bond donors (Lipinski definition) is 2. The van der Waals surface area contributed by atoms with Crippen molar-refractivity contribution < 1.29 is 9.47 Å². The fourth-order valence-electron chi connectivity index (χ4n) is 4.18. The molecule has 0 amide bonds. The third kappa shape index (κ3) is 3.33. The first-order valence-corrected chi connectivity index (χ1v) is 9.28. The van der Waals surface area contributed by atoms with Gasteiger partial charge in [0.1, 0.15) is 0 Å². The van der Waals surface area contributed by atoms with E-state index in [9.17, 15) is 0 Å². The Labute approximate surface area is 126 Å². The second kappa shape index (κ2) is 6.97. The molecule has 3 aliphatic rings. The van der Waals surface area contributed by atoms with Gasteiger partial charge in [0.25, 0.3) is 0 Å². The topological polar surface area (TPSA) is 56.5 Å². The van der Waals surface area contributed by atoms with Crippen LogP contribution in [0.4, 0.5) is 0 Å². The lowest BCUT2D eigenvalue weighted by molar-refractivity contribution is -0.128. The van der Waals surface area contributed by atoms with Gasteiger partial charge in [-0.2, -0.15) is 11.8 Å². The van der Waals surface area contributed by atoms with Crippen molar-refractivity contribution in [3.05, 3.63) is 0 Å². The largest absolute Gasteiger partial charge is 0.375 e. The summed E-state index contributed by atoms with van der Waals surface area (Å²) in [7, 11) is 0. The Balaban J connectivity index is 1.64. The molecular formula is C15H28N2O2S. The summed E-state index contributed by atoms with van der Waals surface area (Å²) in [4.78, 5) is 0. The first kappa shape index (κ1) is 15.1. The standard InChI is InChI=1S/C15H28N2O2S/c16-17-14(13-11-20-9-8-18-13)12-4-7-19-15(10-12)5-2-1-3-6-15/h12-14,17H,1-11,16H2. The van der Waals surface area contributed by atoms with Gasteiger partial charge in [-0.3, -0.25) is 11.3 Å². The highest BCUT2D eigenvalue weighted by atomic mass is 32.2. The van der Waals surface area contributed by atoms with E-state index in [1.807, 2.05) is 11.8 Å². The molecule has 1 saturated carbocycles. The van der Waals surface area contributed by atoms with Crippen molar-refractivity contribution in [2.45, 2.75) is 62.7 Å². The molecule has 3 fully saturated rings. The predicted octanol–water partition coefficient (Wildman–Crippen LogP) is 2.08. The molecule has 0 radical (unpaired) electrons. The van der Waals surface area contributed by atoms with Gasteiger partial charge in [-0.25, -0.2) is 0 Å². The summed E-state index contributed by atoms with van der Waals surface area (Å²) in [6.07, 6.45) is 9.03. The lowest BCUT2D eigenvalue weighted by Gasteiger charge is -2.46. The molecule has 2 aliphatic heterocycles. The van der Waals surface area contributed by atoms with Gasteiger partial charge in [0.15, 0.2) is 0 Å². The molecule has 5 heteroatoms. The summed E-state index contributed by atoms with van der Waals surface area (Å²) in [5.74, 6) is 8.65. The smallest absolute Gasteiger partial charge is 0.0834 e. The Morgan fingerprint density at radius 2 is 2.05 bits per heavy atom. The minimum absolute atomic E-state index is 0.151. The van der Waals surface area contributed by atoms with E-state index in [4.69, 9.17) is 15.3 Å². The second-order valence-electron chi connectivity index (χ2n) is 6.52. The van der Waals surface area contributed by atoms with Gasteiger partial charge < -0.3 is 9.47 Å². The summed E-state index contributed by atoms with van der Waals surface area (Å²) >= 11 is 1.99. The van der Waals surface area contributed by atoms with Crippen LogP contribution in [0.1, 0.15) is 44.9 Å². The maximum Gasteiger partial charge on any atom is 0.0834 e. The maximum absolute atomic E-state index is 6.20. The number of nitrogens with one attached hydrogen (secondary N) is 1. The second-order valence-corrected chi connectivity index (χ2v) is 7.67. The van der Waals surface area contributed by atoms with Crippen LogP contribution in [0.3, 0.4) is 0 Å². The van der Waals surface area contributed by atoms with E-state index >= 15 is 0 Å². The zero-order valence-corrected chi connectivity index (χ0v) is 13.1. The number of ether oxygens (including phenoxy) is 2. The van der Waals surface area contributed by atoms with Crippen molar-refractivity contribution in [2.75, 3.05) is 24.7 Å². The van der Waals surface area contributed by atoms with Crippen LogP contribution in [0.25, 0.3) is 0 Å². The van der Waals surface area contributed by atoms with Crippen LogP contribution < -0.4 is 11.3 Å². The normalized spacial score (nSPS) is 35.9. The Kier molecular flexibility index (Phi) is 5.26. The Morgan fingerprint density at radius 1 is 1.20 bits per heavy atom. The molecule has 3 N–H and O–H groups in total. The number of hydrogen-bond acceptors (Lipinski definition) is 5. The number of rotatable bonds is 3. The first-order valence-electron chi connectivity index (χ1n) is 8.12. The molecule has 0 aromatic rings. The molecule has 3 atom stereocenters. The molecule has 20 heavy (non-hydrogen) atoms. The summed E-state index contributed by atoms with van der Waals surface area (Å²) in [6.45, 7) is 1.75. The van der Waals surface area contributed by atoms with E-state index in [1.165, 1.54) is 32.1 Å². The average Bonchev–Trinajstić information content (AvgIpc) is 2.50. The van der Waals surface area contributed by atoms with Crippen molar-refractivity contribution in [1.29, 1.82) is 0 Å². The van der Waals surface area contributed by atoms with Crippen molar-refractivity contribution in [1.82, 2.24) is 5.43 Å². The molecule has 1 aliphatic carbocycles. The van der Waals surface area contributed by atoms with E-state index in [2.05, 4.69) is 5.43 Å². The van der Waals surface area contributed by atoms with Crippen LogP contribution in [-0.2, 0) is 9.47 Å². The zero-order valence-electron chi connectivity index (χ0n) is 12.3. The highest BCUT2D eigenvalue weighted by Crippen LogP contribution is 2.42. The van der Waals surface area contributed by atoms with Crippen molar-refractivity contribution in [3.63, 3.8) is 0 Å². The number of thioether (sulfide) groups is 1. The van der Waals surface area contributed by atoms with Gasteiger partial charge in [-0.1, -0.05) is 19.3 Å². The molecular weight excluding hydrogens is 272 g/mol. The van der Waals surface area contributed by atoms with Gasteiger partial charge in [0.05, 0.1) is 24.4 Å². The minimum atomic E-state index is 0.151. The lowest BCUT2D eigenvalue weighted by Crippen LogP contribution is -2.56. The van der Waals surface area contributed by atoms with E-state index in [0.29, 0.717) is 5.92 Å². The van der Waals surface area contributed by atoms with Crippen LogP contribution in [0, 0.1) is 5.92 Å². The van der Waals surface area contributed by atoms with Gasteiger partial charge in [0, 0.05) is 18.1 Å². The Bertz CT molecular complexity index is 299. The monoisotopic (exact) mass is 300 g/mol. The molecule has 2 saturated heterocycles. The Hall–Kier alpha value is 0.190. The van der Waals surface area contributed by atoms with E-state index in [1.54, 1.807) is 0 Å². The van der Waals surface area contributed by atoms with Crippen LogP contribution in [0.2, 0.25) is 0 Å². The van der Waals surface area contributed by atoms with E-state index in [0.717, 1.165) is 37.6 Å². The third-order valence-corrected chi connectivity index (χ3v) is 6.26. The Morgan fingerprint density at radius 3 is 2.75 bits per heavy atom. The molecule has 1 spiro atoms. The van der Waals surface area contributed by atoms with Gasteiger partial charge in [0.2, 0.25) is 0 Å². The van der Waals surface area contributed by atoms with Crippen LogP contribution in [0.15, 0.2) is 0 Å². The highest BCUT2D eigenvalue weighted by Gasteiger charge is 2.42. The minimum Gasteiger partial charge on any atom is -0.375 e. The fourth-order valence-corrected chi connectivity index (χ4v) is 5.09. The molecule has 4 nitrogen and oxygen atoms in total. The maximum atomic E-state index is 6.20. The summed E-state index contributed by atoms with van der Waals surface area (Å²) < 4.78 is 12.2. The van der Waals surface area contributed by atoms with Crippen molar-refractivity contribution in [2.24, 2.45) is 11.8 Å². The molecule has 3 rings (SSSR count). The van der Waals surface area contributed by atoms with Gasteiger partial charge in [-0.15, -0.1) is 0 Å². The quantitative estimate of drug-likeness (QED) is 0.617. The molecule has 0 aromatic heterocycles. The van der Waals surface area contributed by atoms with Gasteiger partial charge >= 0.3 is 0 Å². The number of nitrogens with two attached hydrogens (primary N) is 1. The summed E-state index contributed by atoms with van der Waals surface area (Å²) in [5.41, 5.74) is 3.22. The third-order valence-electron chi connectivity index (χ3n) is 5.24. The van der Waals surface area contributed by atoms with Crippen molar-refractivity contribution in [3.8, 4) is 0 Å². The van der Waals surface area contributed by atoms with E-state index < -0.39 is 0 Å². The highest BCUT2D eigenvalue weighted by molar-refractivity contribution is 7.99. The zero-order chi connectivity index (χ0) is 13.8. The average molecular weight is 300 g/mol. The van der Waals surface area contributed by atoms with Crippen LogP contribution in [0.5, 0.6) is 0 Å². The van der Waals surface area contributed by atoms with Crippen molar-refractivity contribution >= 4 is 11.8 Å². The van der Waals surface area contributed by atoms with E-state index in [-0.39, 0.29) is 17.7 Å².